The third kappa shape index (κ3) is 3.22. The number of benzene rings is 1. The molecular formula is C17H19ClN2O3. The van der Waals surface area contributed by atoms with Gasteiger partial charge in [0, 0.05) is 30.2 Å². The maximum Gasteiger partial charge on any atom is 0.227 e. The van der Waals surface area contributed by atoms with Gasteiger partial charge in [0.1, 0.15) is 12.4 Å². The first-order chi connectivity index (χ1) is 11.2. The maximum atomic E-state index is 12.1. The summed E-state index contributed by atoms with van der Waals surface area (Å²) >= 11 is 6.06. The highest BCUT2D eigenvalue weighted by atomic mass is 35.5. The number of hydrogen-bond donors (Lipinski definition) is 1. The zero-order valence-electron chi connectivity index (χ0n) is 12.8. The van der Waals surface area contributed by atoms with Gasteiger partial charge < -0.3 is 14.8 Å². The van der Waals surface area contributed by atoms with Crippen molar-refractivity contribution < 1.29 is 14.3 Å². The summed E-state index contributed by atoms with van der Waals surface area (Å²) in [6.07, 6.45) is 2.15. The van der Waals surface area contributed by atoms with Gasteiger partial charge in [0.05, 0.1) is 25.2 Å². The minimum absolute atomic E-state index is 0.0711. The van der Waals surface area contributed by atoms with E-state index >= 15 is 0 Å². The number of fused-ring (bicyclic) bond motifs is 4. The Morgan fingerprint density at radius 2 is 2.22 bits per heavy atom. The number of ether oxygens (including phenoxy) is 2. The lowest BCUT2D eigenvalue weighted by atomic mass is 10.1. The molecular weight excluding hydrogens is 316 g/mol. The molecule has 0 saturated carbocycles. The Bertz CT molecular complexity index is 661. The van der Waals surface area contributed by atoms with Gasteiger partial charge in [0.15, 0.2) is 0 Å². The zero-order chi connectivity index (χ0) is 15.8. The quantitative estimate of drug-likeness (QED) is 0.892. The molecule has 0 aliphatic carbocycles. The van der Waals surface area contributed by atoms with E-state index in [4.69, 9.17) is 21.1 Å². The smallest absolute Gasteiger partial charge is 0.227 e. The lowest BCUT2D eigenvalue weighted by molar-refractivity contribution is -0.125. The van der Waals surface area contributed by atoms with E-state index in [1.807, 2.05) is 18.2 Å². The predicted octanol–water partition coefficient (Wildman–Crippen LogP) is 1.56. The molecule has 23 heavy (non-hydrogen) atoms. The molecule has 1 aromatic carbocycles. The van der Waals surface area contributed by atoms with E-state index in [-0.39, 0.29) is 17.9 Å². The summed E-state index contributed by atoms with van der Waals surface area (Å²) in [6, 6.07) is 5.74. The highest BCUT2D eigenvalue weighted by molar-refractivity contribution is 6.30. The molecule has 2 atom stereocenters. The van der Waals surface area contributed by atoms with Crippen molar-refractivity contribution in [1.29, 1.82) is 0 Å². The van der Waals surface area contributed by atoms with Crippen molar-refractivity contribution in [2.75, 3.05) is 39.5 Å². The second kappa shape index (κ2) is 6.15. The van der Waals surface area contributed by atoms with Crippen molar-refractivity contribution in [3.8, 4) is 5.75 Å². The lowest BCUT2D eigenvalue weighted by Gasteiger charge is -2.29. The normalized spacial score (nSPS) is 27.3. The molecule has 122 valence electrons. The Morgan fingerprint density at radius 3 is 3.13 bits per heavy atom. The monoisotopic (exact) mass is 334 g/mol. The van der Waals surface area contributed by atoms with E-state index < -0.39 is 0 Å². The van der Waals surface area contributed by atoms with Crippen LogP contribution in [0.1, 0.15) is 5.56 Å². The average molecular weight is 335 g/mol. The van der Waals surface area contributed by atoms with Gasteiger partial charge in [-0.05, 0) is 29.8 Å². The van der Waals surface area contributed by atoms with Gasteiger partial charge in [-0.15, -0.1) is 0 Å². The second-order valence-electron chi connectivity index (χ2n) is 6.41. The van der Waals surface area contributed by atoms with Gasteiger partial charge in [-0.1, -0.05) is 11.6 Å². The number of nitrogens with zero attached hydrogens (tertiary/aromatic N) is 1. The van der Waals surface area contributed by atoms with Crippen LogP contribution in [0.2, 0.25) is 5.02 Å². The standard InChI is InChI=1S/C17H19ClN2O3/c18-14-1-2-16-12(4-14)3-11(8-23-16)5-20-6-13-9-22-10-15(7-20)19-17(13)21/h1-4,13,15H,5-10H2,(H,19,21)/t13-,15+/m1/s1. The highest BCUT2D eigenvalue weighted by Crippen LogP contribution is 2.29. The summed E-state index contributed by atoms with van der Waals surface area (Å²) in [5.74, 6) is 0.895. The zero-order valence-corrected chi connectivity index (χ0v) is 13.5. The molecule has 3 aliphatic heterocycles. The van der Waals surface area contributed by atoms with E-state index in [9.17, 15) is 4.79 Å². The molecule has 5 nitrogen and oxygen atoms in total. The van der Waals surface area contributed by atoms with E-state index in [0.29, 0.717) is 24.8 Å². The van der Waals surface area contributed by atoms with Crippen LogP contribution in [-0.2, 0) is 9.53 Å². The Morgan fingerprint density at radius 1 is 1.30 bits per heavy atom. The van der Waals surface area contributed by atoms with Crippen LogP contribution in [0.3, 0.4) is 0 Å². The molecule has 6 heteroatoms. The van der Waals surface area contributed by atoms with Crippen molar-refractivity contribution >= 4 is 23.6 Å². The van der Waals surface area contributed by atoms with Gasteiger partial charge in [0.25, 0.3) is 0 Å². The molecule has 4 rings (SSSR count). The summed E-state index contributed by atoms with van der Waals surface area (Å²) < 4.78 is 11.4. The van der Waals surface area contributed by atoms with Crippen LogP contribution in [-0.4, -0.2) is 56.3 Å². The van der Waals surface area contributed by atoms with Crippen LogP contribution in [0.15, 0.2) is 23.8 Å². The number of nitrogens with one attached hydrogen (secondary N) is 1. The summed E-state index contributed by atoms with van der Waals surface area (Å²) in [5, 5.41) is 3.77. The first-order valence-electron chi connectivity index (χ1n) is 7.89. The summed E-state index contributed by atoms with van der Waals surface area (Å²) in [6.45, 7) is 4.01. The number of carbonyl (C=O) groups is 1. The molecule has 2 bridgehead atoms. The third-order valence-corrected chi connectivity index (χ3v) is 4.72. The molecule has 0 unspecified atom stereocenters. The highest BCUT2D eigenvalue weighted by Gasteiger charge is 2.33. The van der Waals surface area contributed by atoms with Crippen LogP contribution >= 0.6 is 11.6 Å². The average Bonchev–Trinajstić information content (AvgIpc) is 2.75. The van der Waals surface area contributed by atoms with Crippen LogP contribution in [0.25, 0.3) is 6.08 Å². The number of rotatable bonds is 2. The molecule has 1 aromatic rings. The minimum Gasteiger partial charge on any atom is -0.489 e. The van der Waals surface area contributed by atoms with Gasteiger partial charge in [0.2, 0.25) is 5.91 Å². The fraction of sp³-hybridized carbons (Fsp3) is 0.471. The predicted molar refractivity (Wildman–Crippen MR) is 87.6 cm³/mol. The van der Waals surface area contributed by atoms with Crippen molar-refractivity contribution in [3.63, 3.8) is 0 Å². The van der Waals surface area contributed by atoms with Crippen molar-refractivity contribution in [2.24, 2.45) is 5.92 Å². The van der Waals surface area contributed by atoms with E-state index in [1.165, 1.54) is 5.57 Å². The maximum absolute atomic E-state index is 12.1. The molecule has 2 fully saturated rings. The van der Waals surface area contributed by atoms with Gasteiger partial charge in [-0.3, -0.25) is 9.69 Å². The molecule has 0 aromatic heterocycles. The Balaban J connectivity index is 1.51. The Hall–Kier alpha value is -1.56. The van der Waals surface area contributed by atoms with Gasteiger partial charge in [-0.25, -0.2) is 0 Å². The molecule has 1 amide bonds. The largest absolute Gasteiger partial charge is 0.489 e. The molecule has 0 radical (unpaired) electrons. The van der Waals surface area contributed by atoms with E-state index in [1.54, 1.807) is 0 Å². The molecule has 2 saturated heterocycles. The summed E-state index contributed by atoms with van der Waals surface area (Å²) in [7, 11) is 0. The van der Waals surface area contributed by atoms with Gasteiger partial charge >= 0.3 is 0 Å². The second-order valence-corrected chi connectivity index (χ2v) is 6.84. The van der Waals surface area contributed by atoms with Crippen molar-refractivity contribution in [2.45, 2.75) is 6.04 Å². The summed E-state index contributed by atoms with van der Waals surface area (Å²) in [5.41, 5.74) is 2.22. The number of carbonyl (C=O) groups excluding carboxylic acids is 1. The van der Waals surface area contributed by atoms with Gasteiger partial charge in [-0.2, -0.15) is 0 Å². The third-order valence-electron chi connectivity index (χ3n) is 4.48. The first-order valence-corrected chi connectivity index (χ1v) is 8.27. The Labute approximate surface area is 140 Å². The number of halogens is 1. The topological polar surface area (TPSA) is 50.8 Å². The number of amides is 1. The molecule has 3 heterocycles. The lowest BCUT2D eigenvalue weighted by Crippen LogP contribution is -2.43. The van der Waals surface area contributed by atoms with E-state index in [0.717, 1.165) is 30.9 Å². The van der Waals surface area contributed by atoms with Crippen LogP contribution in [0.4, 0.5) is 0 Å². The van der Waals surface area contributed by atoms with Crippen molar-refractivity contribution in [1.82, 2.24) is 10.2 Å². The van der Waals surface area contributed by atoms with Crippen molar-refractivity contribution in [3.05, 3.63) is 34.4 Å². The van der Waals surface area contributed by atoms with Crippen LogP contribution in [0.5, 0.6) is 5.75 Å². The molecule has 1 N–H and O–H groups in total. The van der Waals surface area contributed by atoms with Crippen LogP contribution < -0.4 is 10.1 Å². The molecule has 3 aliphatic rings. The van der Waals surface area contributed by atoms with E-state index in [2.05, 4.69) is 16.3 Å². The summed E-state index contributed by atoms with van der Waals surface area (Å²) in [4.78, 5) is 14.4. The number of hydrogen-bond acceptors (Lipinski definition) is 4. The SMILES string of the molecule is O=C1N[C@@H]2COC[C@H]1CN(CC1=Cc3cc(Cl)ccc3OC1)C2. The Kier molecular flexibility index (Phi) is 4.01. The van der Waals surface area contributed by atoms with Crippen LogP contribution in [0, 0.1) is 5.92 Å². The fourth-order valence-electron chi connectivity index (χ4n) is 3.42. The molecule has 0 spiro atoms. The first kappa shape index (κ1) is 15.0. The fourth-order valence-corrected chi connectivity index (χ4v) is 3.60. The minimum atomic E-state index is -0.0886.